The number of carbonyl (C=O) groups is 2. The highest BCUT2D eigenvalue weighted by Crippen LogP contribution is 2.15. The topological polar surface area (TPSA) is 94.1 Å². The average molecular weight is 410 g/mol. The predicted molar refractivity (Wildman–Crippen MR) is 111 cm³/mol. The third-order valence-corrected chi connectivity index (χ3v) is 4.27. The van der Waals surface area contributed by atoms with E-state index in [0.29, 0.717) is 26.4 Å². The van der Waals surface area contributed by atoms with Crippen LogP contribution in [0.3, 0.4) is 0 Å². The standard InChI is InChI=1S/C22H35NO6/c1-2-3-4-5-6-7-8-19-9-11-20(12-10-19)29-16-15-27-14-13-23-21(24)17-28-18-22(25)26/h9-12H,2-8,13-18H2,1H3,(H,23,24)(H,25,26). The van der Waals surface area contributed by atoms with Gasteiger partial charge in [-0.1, -0.05) is 51.2 Å². The third kappa shape index (κ3) is 14.5. The van der Waals surface area contributed by atoms with Crippen molar-refractivity contribution in [3.63, 3.8) is 0 Å². The summed E-state index contributed by atoms with van der Waals surface area (Å²) in [5.41, 5.74) is 1.34. The highest BCUT2D eigenvalue weighted by molar-refractivity contribution is 5.77. The summed E-state index contributed by atoms with van der Waals surface area (Å²) in [6.07, 6.45) is 8.95. The van der Waals surface area contributed by atoms with Gasteiger partial charge in [0.05, 0.1) is 13.2 Å². The minimum atomic E-state index is -1.10. The molecule has 0 bridgehead atoms. The molecule has 0 saturated heterocycles. The van der Waals surface area contributed by atoms with Gasteiger partial charge in [-0.2, -0.15) is 0 Å². The van der Waals surface area contributed by atoms with Crippen LogP contribution in [0.1, 0.15) is 51.0 Å². The molecule has 0 spiro atoms. The van der Waals surface area contributed by atoms with Gasteiger partial charge in [-0.25, -0.2) is 4.79 Å². The second-order valence-corrected chi connectivity index (χ2v) is 6.86. The van der Waals surface area contributed by atoms with E-state index in [1.165, 1.54) is 44.1 Å². The van der Waals surface area contributed by atoms with E-state index in [1.807, 2.05) is 12.1 Å². The van der Waals surface area contributed by atoms with Crippen LogP contribution in [0.15, 0.2) is 24.3 Å². The number of carboxylic acid groups (broad SMARTS) is 1. The zero-order valence-corrected chi connectivity index (χ0v) is 17.5. The van der Waals surface area contributed by atoms with Crippen molar-refractivity contribution < 1.29 is 28.9 Å². The lowest BCUT2D eigenvalue weighted by Gasteiger charge is -2.09. The van der Waals surface area contributed by atoms with Gasteiger partial charge in [0.2, 0.25) is 5.91 Å². The maximum atomic E-state index is 11.3. The molecular formula is C22H35NO6. The Balaban J connectivity index is 1.99. The van der Waals surface area contributed by atoms with Crippen molar-refractivity contribution in [2.45, 2.75) is 51.9 Å². The number of aryl methyl sites for hydroxylation is 1. The Kier molecular flexibility index (Phi) is 14.4. The molecule has 0 aromatic heterocycles. The molecule has 0 saturated carbocycles. The SMILES string of the molecule is CCCCCCCCc1ccc(OCCOCCNC(=O)COCC(=O)O)cc1. The molecule has 0 aliphatic carbocycles. The van der Waals surface area contributed by atoms with Gasteiger partial charge < -0.3 is 24.6 Å². The molecule has 0 atom stereocenters. The predicted octanol–water partition coefficient (Wildman–Crippen LogP) is 3.20. The number of hydrogen-bond acceptors (Lipinski definition) is 5. The number of aliphatic carboxylic acids is 1. The molecule has 0 fully saturated rings. The second-order valence-electron chi connectivity index (χ2n) is 6.86. The monoisotopic (exact) mass is 409 g/mol. The summed E-state index contributed by atoms with van der Waals surface area (Å²) in [5.74, 6) is -0.648. The first kappa shape index (κ1) is 24.9. The van der Waals surface area contributed by atoms with Crippen LogP contribution in [-0.4, -0.2) is 56.6 Å². The smallest absolute Gasteiger partial charge is 0.329 e. The summed E-state index contributed by atoms with van der Waals surface area (Å²) in [6, 6.07) is 8.21. The third-order valence-electron chi connectivity index (χ3n) is 4.27. The van der Waals surface area contributed by atoms with Gasteiger partial charge in [0.15, 0.2) is 0 Å². The number of rotatable bonds is 18. The van der Waals surface area contributed by atoms with Gasteiger partial charge in [-0.3, -0.25) is 4.79 Å². The van der Waals surface area contributed by atoms with Crippen LogP contribution in [0.2, 0.25) is 0 Å². The van der Waals surface area contributed by atoms with Gasteiger partial charge in [0, 0.05) is 6.54 Å². The van der Waals surface area contributed by atoms with Gasteiger partial charge in [-0.15, -0.1) is 0 Å². The van der Waals surface area contributed by atoms with Crippen molar-refractivity contribution in [3.05, 3.63) is 29.8 Å². The minimum absolute atomic E-state index is 0.274. The van der Waals surface area contributed by atoms with E-state index in [1.54, 1.807) is 0 Å². The molecule has 0 aliphatic heterocycles. The number of nitrogens with one attached hydrogen (secondary N) is 1. The Hall–Kier alpha value is -2.12. The summed E-state index contributed by atoms with van der Waals surface area (Å²) in [5, 5.41) is 11.0. The molecule has 1 amide bonds. The fourth-order valence-corrected chi connectivity index (χ4v) is 2.73. The maximum absolute atomic E-state index is 11.3. The zero-order chi connectivity index (χ0) is 21.2. The van der Waals surface area contributed by atoms with Crippen LogP contribution in [0.25, 0.3) is 0 Å². The molecule has 1 rings (SSSR count). The van der Waals surface area contributed by atoms with E-state index >= 15 is 0 Å². The van der Waals surface area contributed by atoms with E-state index in [9.17, 15) is 9.59 Å². The highest BCUT2D eigenvalue weighted by atomic mass is 16.5. The van der Waals surface area contributed by atoms with Gasteiger partial charge in [0.1, 0.15) is 25.6 Å². The molecule has 7 heteroatoms. The van der Waals surface area contributed by atoms with Crippen LogP contribution >= 0.6 is 0 Å². The first-order valence-corrected chi connectivity index (χ1v) is 10.5. The summed E-state index contributed by atoms with van der Waals surface area (Å²) in [7, 11) is 0. The summed E-state index contributed by atoms with van der Waals surface area (Å²) < 4.78 is 15.7. The Morgan fingerprint density at radius 3 is 2.34 bits per heavy atom. The normalized spacial score (nSPS) is 10.7. The molecular weight excluding hydrogens is 374 g/mol. The fourth-order valence-electron chi connectivity index (χ4n) is 2.73. The van der Waals surface area contributed by atoms with Crippen molar-refractivity contribution >= 4 is 11.9 Å². The lowest BCUT2D eigenvalue weighted by molar-refractivity contribution is -0.143. The van der Waals surface area contributed by atoms with E-state index in [2.05, 4.69) is 29.1 Å². The van der Waals surface area contributed by atoms with E-state index < -0.39 is 12.6 Å². The first-order chi connectivity index (χ1) is 14.1. The van der Waals surface area contributed by atoms with Crippen molar-refractivity contribution in [3.8, 4) is 5.75 Å². The van der Waals surface area contributed by atoms with E-state index in [0.717, 1.165) is 12.2 Å². The summed E-state index contributed by atoms with van der Waals surface area (Å²) in [4.78, 5) is 21.6. The number of benzene rings is 1. The van der Waals surface area contributed by atoms with Crippen LogP contribution in [0.5, 0.6) is 5.75 Å². The summed E-state index contributed by atoms with van der Waals surface area (Å²) in [6.45, 7) is 3.02. The molecule has 7 nitrogen and oxygen atoms in total. The van der Waals surface area contributed by atoms with Crippen LogP contribution in [0.4, 0.5) is 0 Å². The van der Waals surface area contributed by atoms with Crippen molar-refractivity contribution in [2.75, 3.05) is 39.6 Å². The second kappa shape index (κ2) is 16.8. The minimum Gasteiger partial charge on any atom is -0.491 e. The van der Waals surface area contributed by atoms with Crippen LogP contribution < -0.4 is 10.1 Å². The number of amides is 1. The maximum Gasteiger partial charge on any atom is 0.329 e. The van der Waals surface area contributed by atoms with Gasteiger partial charge >= 0.3 is 5.97 Å². The Bertz CT molecular complexity index is 561. The number of unbranched alkanes of at least 4 members (excludes halogenated alkanes) is 5. The van der Waals surface area contributed by atoms with Crippen LogP contribution in [0, 0.1) is 0 Å². The number of carboxylic acids is 1. The number of carbonyl (C=O) groups excluding carboxylic acids is 1. The molecule has 0 radical (unpaired) electrons. The first-order valence-electron chi connectivity index (χ1n) is 10.5. The molecule has 2 N–H and O–H groups in total. The largest absolute Gasteiger partial charge is 0.491 e. The van der Waals surface area contributed by atoms with Crippen molar-refractivity contribution in [2.24, 2.45) is 0 Å². The highest BCUT2D eigenvalue weighted by Gasteiger charge is 2.03. The number of ether oxygens (including phenoxy) is 3. The van der Waals surface area contributed by atoms with Crippen molar-refractivity contribution in [1.29, 1.82) is 0 Å². The molecule has 0 heterocycles. The Morgan fingerprint density at radius 2 is 1.62 bits per heavy atom. The number of hydrogen-bond donors (Lipinski definition) is 2. The molecule has 1 aromatic carbocycles. The molecule has 164 valence electrons. The summed E-state index contributed by atoms with van der Waals surface area (Å²) >= 11 is 0. The molecule has 29 heavy (non-hydrogen) atoms. The lowest BCUT2D eigenvalue weighted by atomic mass is 10.0. The Morgan fingerprint density at radius 1 is 0.897 bits per heavy atom. The quantitative estimate of drug-likeness (QED) is 0.362. The Labute approximate surface area is 173 Å². The lowest BCUT2D eigenvalue weighted by Crippen LogP contribution is -2.31. The average Bonchev–Trinajstić information content (AvgIpc) is 2.70. The fraction of sp³-hybridized carbons (Fsp3) is 0.636. The van der Waals surface area contributed by atoms with E-state index in [-0.39, 0.29) is 12.5 Å². The van der Waals surface area contributed by atoms with Gasteiger partial charge in [-0.05, 0) is 30.5 Å². The molecule has 0 aliphatic rings. The van der Waals surface area contributed by atoms with Gasteiger partial charge in [0.25, 0.3) is 0 Å². The zero-order valence-electron chi connectivity index (χ0n) is 17.5. The molecule has 1 aromatic rings. The van der Waals surface area contributed by atoms with E-state index in [4.69, 9.17) is 14.6 Å². The van der Waals surface area contributed by atoms with Crippen LogP contribution in [-0.2, 0) is 25.5 Å². The van der Waals surface area contributed by atoms with Crippen molar-refractivity contribution in [1.82, 2.24) is 5.32 Å². The molecule has 0 unspecified atom stereocenters.